The highest BCUT2D eigenvalue weighted by Gasteiger charge is 2.28. The second-order valence-corrected chi connectivity index (χ2v) is 9.05. The van der Waals surface area contributed by atoms with Gasteiger partial charge in [-0.05, 0) is 86.4 Å². The van der Waals surface area contributed by atoms with Crippen molar-refractivity contribution in [2.24, 2.45) is 5.92 Å². The molecule has 0 aliphatic heterocycles. The zero-order valence-corrected chi connectivity index (χ0v) is 19.3. The van der Waals surface area contributed by atoms with Gasteiger partial charge < -0.3 is 10.1 Å². The number of benzene rings is 3. The number of anilines is 1. The average Bonchev–Trinajstić information content (AvgIpc) is 2.85. The SMILES string of the molecule is CC(C)OC(=O)[C@H]1CC[C@H](c2ccc(NC(=O)c3ccc(-c4ccccc4)cc3)cc2)CC1. The lowest BCUT2D eigenvalue weighted by molar-refractivity contribution is -0.153. The Kier molecular flexibility index (Phi) is 7.23. The van der Waals surface area contributed by atoms with E-state index in [1.54, 1.807) is 0 Å². The number of carbonyl (C=O) groups excluding carboxylic acids is 2. The van der Waals surface area contributed by atoms with E-state index < -0.39 is 0 Å². The summed E-state index contributed by atoms with van der Waals surface area (Å²) in [6.07, 6.45) is 3.65. The van der Waals surface area contributed by atoms with Gasteiger partial charge in [-0.2, -0.15) is 0 Å². The highest BCUT2D eigenvalue weighted by molar-refractivity contribution is 6.04. The van der Waals surface area contributed by atoms with Crippen molar-refractivity contribution in [3.63, 3.8) is 0 Å². The zero-order chi connectivity index (χ0) is 23.2. The second kappa shape index (κ2) is 10.5. The molecule has 170 valence electrons. The van der Waals surface area contributed by atoms with Gasteiger partial charge in [0.25, 0.3) is 5.91 Å². The summed E-state index contributed by atoms with van der Waals surface area (Å²) >= 11 is 0. The average molecular weight is 442 g/mol. The third-order valence-corrected chi connectivity index (χ3v) is 6.31. The molecule has 3 aromatic carbocycles. The number of carbonyl (C=O) groups is 2. The van der Waals surface area contributed by atoms with Gasteiger partial charge in [0.1, 0.15) is 0 Å². The number of hydrogen-bond donors (Lipinski definition) is 1. The van der Waals surface area contributed by atoms with Crippen LogP contribution >= 0.6 is 0 Å². The molecule has 0 atom stereocenters. The third kappa shape index (κ3) is 5.89. The molecule has 4 nitrogen and oxygen atoms in total. The number of rotatable bonds is 6. The van der Waals surface area contributed by atoms with Gasteiger partial charge in [0.15, 0.2) is 0 Å². The quantitative estimate of drug-likeness (QED) is 0.427. The van der Waals surface area contributed by atoms with Crippen LogP contribution in [-0.2, 0) is 9.53 Å². The van der Waals surface area contributed by atoms with Crippen molar-refractivity contribution < 1.29 is 14.3 Å². The number of ether oxygens (including phenoxy) is 1. The van der Waals surface area contributed by atoms with Crippen LogP contribution in [0.25, 0.3) is 11.1 Å². The highest BCUT2D eigenvalue weighted by atomic mass is 16.5. The van der Waals surface area contributed by atoms with E-state index in [1.165, 1.54) is 5.56 Å². The molecule has 0 bridgehead atoms. The van der Waals surface area contributed by atoms with Crippen molar-refractivity contribution in [3.05, 3.63) is 90.0 Å². The maximum Gasteiger partial charge on any atom is 0.309 e. The first kappa shape index (κ1) is 22.8. The lowest BCUT2D eigenvalue weighted by Gasteiger charge is -2.28. The van der Waals surface area contributed by atoms with Gasteiger partial charge in [-0.15, -0.1) is 0 Å². The first-order chi connectivity index (χ1) is 16.0. The fraction of sp³-hybridized carbons (Fsp3) is 0.310. The lowest BCUT2D eigenvalue weighted by atomic mass is 9.78. The largest absolute Gasteiger partial charge is 0.463 e. The van der Waals surface area contributed by atoms with Gasteiger partial charge in [-0.25, -0.2) is 0 Å². The molecule has 0 heterocycles. The first-order valence-corrected chi connectivity index (χ1v) is 11.8. The van der Waals surface area contributed by atoms with Gasteiger partial charge in [0.2, 0.25) is 0 Å². The third-order valence-electron chi connectivity index (χ3n) is 6.31. The maximum atomic E-state index is 12.7. The fourth-order valence-corrected chi connectivity index (χ4v) is 4.48. The van der Waals surface area contributed by atoms with Crippen LogP contribution in [0.3, 0.4) is 0 Å². The summed E-state index contributed by atoms with van der Waals surface area (Å²) in [7, 11) is 0. The van der Waals surface area contributed by atoms with Gasteiger partial charge in [-0.1, -0.05) is 54.6 Å². The molecule has 1 saturated carbocycles. The van der Waals surface area contributed by atoms with Crippen LogP contribution in [0, 0.1) is 5.92 Å². The van der Waals surface area contributed by atoms with E-state index >= 15 is 0 Å². The zero-order valence-electron chi connectivity index (χ0n) is 19.3. The minimum Gasteiger partial charge on any atom is -0.463 e. The highest BCUT2D eigenvalue weighted by Crippen LogP contribution is 2.36. The number of nitrogens with one attached hydrogen (secondary N) is 1. The minimum atomic E-state index is -0.119. The Labute approximate surface area is 196 Å². The Morgan fingerprint density at radius 3 is 2.00 bits per heavy atom. The normalized spacial score (nSPS) is 18.0. The van der Waals surface area contributed by atoms with Crippen LogP contribution in [0.5, 0.6) is 0 Å². The molecular formula is C29H31NO3. The van der Waals surface area contributed by atoms with Crippen LogP contribution in [0.2, 0.25) is 0 Å². The monoisotopic (exact) mass is 441 g/mol. The Balaban J connectivity index is 1.31. The topological polar surface area (TPSA) is 55.4 Å². The summed E-state index contributed by atoms with van der Waals surface area (Å²) in [4.78, 5) is 24.8. The summed E-state index contributed by atoms with van der Waals surface area (Å²) in [5.41, 5.74) is 4.89. The molecule has 1 aliphatic carbocycles. The van der Waals surface area contributed by atoms with Gasteiger partial charge in [0.05, 0.1) is 12.0 Å². The van der Waals surface area contributed by atoms with Crippen LogP contribution in [0.15, 0.2) is 78.9 Å². The van der Waals surface area contributed by atoms with Gasteiger partial charge in [0, 0.05) is 11.3 Å². The smallest absolute Gasteiger partial charge is 0.309 e. The van der Waals surface area contributed by atoms with Crippen molar-refractivity contribution in [1.29, 1.82) is 0 Å². The molecule has 1 aliphatic rings. The van der Waals surface area contributed by atoms with E-state index in [0.29, 0.717) is 11.5 Å². The number of esters is 1. The molecular weight excluding hydrogens is 410 g/mol. The molecule has 3 aromatic rings. The summed E-state index contributed by atoms with van der Waals surface area (Å²) in [5, 5.41) is 2.99. The van der Waals surface area contributed by atoms with E-state index in [0.717, 1.165) is 42.5 Å². The van der Waals surface area contributed by atoms with Crippen molar-refractivity contribution in [3.8, 4) is 11.1 Å². The van der Waals surface area contributed by atoms with Crippen molar-refractivity contribution in [2.45, 2.75) is 51.6 Å². The second-order valence-electron chi connectivity index (χ2n) is 9.05. The Bertz CT molecular complexity index is 1060. The van der Waals surface area contributed by atoms with E-state index in [1.807, 2.05) is 68.4 Å². The van der Waals surface area contributed by atoms with Crippen molar-refractivity contribution >= 4 is 17.6 Å². The molecule has 4 rings (SSSR count). The van der Waals surface area contributed by atoms with E-state index in [9.17, 15) is 9.59 Å². The molecule has 1 amide bonds. The van der Waals surface area contributed by atoms with E-state index in [4.69, 9.17) is 4.74 Å². The molecule has 0 spiro atoms. The molecule has 1 fully saturated rings. The Morgan fingerprint density at radius 1 is 0.788 bits per heavy atom. The van der Waals surface area contributed by atoms with Crippen LogP contribution < -0.4 is 5.32 Å². The predicted octanol–water partition coefficient (Wildman–Crippen LogP) is 6.83. The summed E-state index contributed by atoms with van der Waals surface area (Å²) in [5.74, 6) is 0.295. The van der Waals surface area contributed by atoms with Gasteiger partial charge in [-0.3, -0.25) is 9.59 Å². The fourth-order valence-electron chi connectivity index (χ4n) is 4.48. The van der Waals surface area contributed by atoms with Gasteiger partial charge >= 0.3 is 5.97 Å². The molecule has 1 N–H and O–H groups in total. The maximum absolute atomic E-state index is 12.7. The Hall–Kier alpha value is -3.40. The molecule has 0 unspecified atom stereocenters. The number of hydrogen-bond acceptors (Lipinski definition) is 3. The van der Waals surface area contributed by atoms with Crippen molar-refractivity contribution in [2.75, 3.05) is 5.32 Å². The van der Waals surface area contributed by atoms with Crippen LogP contribution in [0.1, 0.15) is 61.4 Å². The Morgan fingerprint density at radius 2 is 1.39 bits per heavy atom. The standard InChI is InChI=1S/C29H31NO3/c1-20(2)33-29(32)26-14-10-23(11-15-26)24-16-18-27(19-17-24)30-28(31)25-12-8-22(9-13-25)21-6-4-3-5-7-21/h3-9,12-13,16-20,23,26H,10-11,14-15H2,1-2H3,(H,30,31)/t23-,26-. The van der Waals surface area contributed by atoms with E-state index in [-0.39, 0.29) is 23.9 Å². The molecule has 33 heavy (non-hydrogen) atoms. The molecule has 4 heteroatoms. The molecule has 0 saturated heterocycles. The molecule has 0 aromatic heterocycles. The van der Waals surface area contributed by atoms with E-state index in [2.05, 4.69) is 29.6 Å². The predicted molar refractivity (Wildman–Crippen MR) is 132 cm³/mol. The van der Waals surface area contributed by atoms with Crippen LogP contribution in [0.4, 0.5) is 5.69 Å². The lowest BCUT2D eigenvalue weighted by Crippen LogP contribution is -2.25. The minimum absolute atomic E-state index is 0.0236. The molecule has 0 radical (unpaired) electrons. The first-order valence-electron chi connectivity index (χ1n) is 11.8. The van der Waals surface area contributed by atoms with Crippen molar-refractivity contribution in [1.82, 2.24) is 0 Å². The summed E-state index contributed by atoms with van der Waals surface area (Å²) < 4.78 is 5.37. The number of amides is 1. The summed E-state index contributed by atoms with van der Waals surface area (Å²) in [6, 6.07) is 25.9. The summed E-state index contributed by atoms with van der Waals surface area (Å²) in [6.45, 7) is 3.78. The van der Waals surface area contributed by atoms with Crippen LogP contribution in [-0.4, -0.2) is 18.0 Å².